The Hall–Kier alpha value is -2.77. The third-order valence-electron chi connectivity index (χ3n) is 4.42. The van der Waals surface area contributed by atoms with Gasteiger partial charge in [0.2, 0.25) is 11.8 Å². The number of carbonyl (C=O) groups excluding carboxylic acids is 2. The first kappa shape index (κ1) is 21.9. The van der Waals surface area contributed by atoms with Gasteiger partial charge in [0.15, 0.2) is 0 Å². The predicted molar refractivity (Wildman–Crippen MR) is 122 cm³/mol. The highest BCUT2D eigenvalue weighted by atomic mass is 35.5. The highest BCUT2D eigenvalue weighted by molar-refractivity contribution is 7.98. The number of hydrogen-bond donors (Lipinski definition) is 2. The molecular weight excluding hydrogens is 420 g/mol. The van der Waals surface area contributed by atoms with Crippen LogP contribution in [0.2, 0.25) is 5.02 Å². The SMILES string of the molecule is CSCCC(NC(=O)Cc1ccccc1)C(=O)Nc1cnn(-c2ccccc2Cl)c1. The Labute approximate surface area is 185 Å². The first-order chi connectivity index (χ1) is 14.6. The van der Waals surface area contributed by atoms with Gasteiger partial charge in [-0.1, -0.05) is 54.1 Å². The first-order valence-corrected chi connectivity index (χ1v) is 11.3. The Bertz CT molecular complexity index is 994. The zero-order valence-corrected chi connectivity index (χ0v) is 18.1. The lowest BCUT2D eigenvalue weighted by molar-refractivity contribution is -0.126. The van der Waals surface area contributed by atoms with Crippen LogP contribution in [0.1, 0.15) is 12.0 Å². The van der Waals surface area contributed by atoms with Crippen LogP contribution in [-0.2, 0) is 16.0 Å². The maximum Gasteiger partial charge on any atom is 0.247 e. The van der Waals surface area contributed by atoms with Gasteiger partial charge < -0.3 is 10.6 Å². The molecule has 0 radical (unpaired) electrons. The first-order valence-electron chi connectivity index (χ1n) is 9.49. The van der Waals surface area contributed by atoms with Crippen LogP contribution in [0.4, 0.5) is 5.69 Å². The molecule has 8 heteroatoms. The van der Waals surface area contributed by atoms with E-state index in [0.29, 0.717) is 17.1 Å². The largest absolute Gasteiger partial charge is 0.344 e. The van der Waals surface area contributed by atoms with Crippen molar-refractivity contribution in [2.75, 3.05) is 17.3 Å². The van der Waals surface area contributed by atoms with Gasteiger partial charge in [-0.05, 0) is 36.1 Å². The molecule has 2 amide bonds. The van der Waals surface area contributed by atoms with Crippen LogP contribution in [0.15, 0.2) is 67.0 Å². The van der Waals surface area contributed by atoms with E-state index >= 15 is 0 Å². The fourth-order valence-corrected chi connectivity index (χ4v) is 3.61. The fourth-order valence-electron chi connectivity index (χ4n) is 2.92. The minimum atomic E-state index is -0.627. The summed E-state index contributed by atoms with van der Waals surface area (Å²) in [4.78, 5) is 25.3. The Morgan fingerprint density at radius 1 is 1.13 bits per heavy atom. The van der Waals surface area contributed by atoms with Crippen molar-refractivity contribution in [3.05, 3.63) is 77.6 Å². The average molecular weight is 443 g/mol. The van der Waals surface area contributed by atoms with Crippen LogP contribution in [0, 0.1) is 0 Å². The topological polar surface area (TPSA) is 76.0 Å². The zero-order valence-electron chi connectivity index (χ0n) is 16.5. The number of thioether (sulfide) groups is 1. The Morgan fingerprint density at radius 3 is 2.60 bits per heavy atom. The minimum Gasteiger partial charge on any atom is -0.344 e. The number of hydrogen-bond acceptors (Lipinski definition) is 4. The summed E-state index contributed by atoms with van der Waals surface area (Å²) >= 11 is 7.83. The van der Waals surface area contributed by atoms with Gasteiger partial charge in [0.05, 0.1) is 35.2 Å². The predicted octanol–water partition coefficient (Wildman–Crippen LogP) is 3.94. The fraction of sp³-hybridized carbons (Fsp3) is 0.227. The summed E-state index contributed by atoms with van der Waals surface area (Å²) in [5.74, 6) is 0.293. The summed E-state index contributed by atoms with van der Waals surface area (Å²) in [6, 6.07) is 16.1. The quantitative estimate of drug-likeness (QED) is 0.526. The van der Waals surface area contributed by atoms with Gasteiger partial charge in [-0.2, -0.15) is 16.9 Å². The molecule has 0 spiro atoms. The van der Waals surface area contributed by atoms with Crippen molar-refractivity contribution >= 4 is 40.9 Å². The van der Waals surface area contributed by atoms with Crippen molar-refractivity contribution in [1.29, 1.82) is 0 Å². The summed E-state index contributed by atoms with van der Waals surface area (Å²) in [5.41, 5.74) is 2.15. The second-order valence-electron chi connectivity index (χ2n) is 6.68. The maximum atomic E-state index is 12.8. The van der Waals surface area contributed by atoms with E-state index in [1.54, 1.807) is 34.9 Å². The van der Waals surface area contributed by atoms with Gasteiger partial charge in [0.1, 0.15) is 6.04 Å². The van der Waals surface area contributed by atoms with Crippen LogP contribution < -0.4 is 10.6 Å². The minimum absolute atomic E-state index is 0.186. The van der Waals surface area contributed by atoms with E-state index in [-0.39, 0.29) is 18.2 Å². The molecular formula is C22H23ClN4O2S. The molecule has 3 rings (SSSR count). The van der Waals surface area contributed by atoms with Crippen LogP contribution in [-0.4, -0.2) is 39.6 Å². The molecule has 30 heavy (non-hydrogen) atoms. The highest BCUT2D eigenvalue weighted by Gasteiger charge is 2.21. The van der Waals surface area contributed by atoms with Gasteiger partial charge in [-0.3, -0.25) is 9.59 Å². The summed E-state index contributed by atoms with van der Waals surface area (Å²) in [5, 5.41) is 10.5. The molecule has 0 fully saturated rings. The molecule has 2 N–H and O–H groups in total. The van der Waals surface area contributed by atoms with Crippen molar-refractivity contribution in [3.8, 4) is 5.69 Å². The van der Waals surface area contributed by atoms with E-state index in [2.05, 4.69) is 15.7 Å². The number of carbonyl (C=O) groups is 2. The van der Waals surface area contributed by atoms with E-state index in [9.17, 15) is 9.59 Å². The van der Waals surface area contributed by atoms with Crippen LogP contribution >= 0.6 is 23.4 Å². The zero-order chi connectivity index (χ0) is 21.3. The van der Waals surface area contributed by atoms with Gasteiger partial charge in [-0.15, -0.1) is 0 Å². The Balaban J connectivity index is 1.65. The molecule has 3 aromatic rings. The molecule has 0 aliphatic rings. The summed E-state index contributed by atoms with van der Waals surface area (Å²) in [6.07, 6.45) is 5.98. The van der Waals surface area contributed by atoms with E-state index in [4.69, 9.17) is 11.6 Å². The molecule has 0 bridgehead atoms. The molecule has 6 nitrogen and oxygen atoms in total. The summed E-state index contributed by atoms with van der Waals surface area (Å²) < 4.78 is 1.60. The monoisotopic (exact) mass is 442 g/mol. The molecule has 1 atom stereocenters. The number of rotatable bonds is 9. The number of benzene rings is 2. The average Bonchev–Trinajstić information content (AvgIpc) is 3.20. The second-order valence-corrected chi connectivity index (χ2v) is 8.07. The lowest BCUT2D eigenvalue weighted by Crippen LogP contribution is -2.44. The van der Waals surface area contributed by atoms with E-state index < -0.39 is 6.04 Å². The highest BCUT2D eigenvalue weighted by Crippen LogP contribution is 2.20. The van der Waals surface area contributed by atoms with E-state index in [0.717, 1.165) is 17.0 Å². The third kappa shape index (κ3) is 6.11. The molecule has 0 saturated heterocycles. The van der Waals surface area contributed by atoms with Crippen molar-refractivity contribution in [2.45, 2.75) is 18.9 Å². The van der Waals surface area contributed by atoms with E-state index in [1.165, 1.54) is 0 Å². The number of para-hydroxylation sites is 1. The smallest absolute Gasteiger partial charge is 0.247 e. The van der Waals surface area contributed by atoms with Gasteiger partial charge >= 0.3 is 0 Å². The van der Waals surface area contributed by atoms with Gasteiger partial charge in [-0.25, -0.2) is 4.68 Å². The number of amides is 2. The van der Waals surface area contributed by atoms with Crippen LogP contribution in [0.3, 0.4) is 0 Å². The standard InChI is InChI=1S/C22H23ClN4O2S/c1-30-12-11-19(26-21(28)13-16-7-3-2-4-8-16)22(29)25-17-14-24-27(15-17)20-10-6-5-9-18(20)23/h2-10,14-15,19H,11-13H2,1H3,(H,25,29)(H,26,28). The number of aromatic nitrogens is 2. The molecule has 1 aromatic heterocycles. The van der Waals surface area contributed by atoms with Crippen LogP contribution in [0.25, 0.3) is 5.69 Å². The molecule has 0 saturated carbocycles. The van der Waals surface area contributed by atoms with Gasteiger partial charge in [0, 0.05) is 0 Å². The lowest BCUT2D eigenvalue weighted by atomic mass is 10.1. The number of nitrogens with one attached hydrogen (secondary N) is 2. The Kier molecular flexibility index (Phi) is 7.93. The number of nitrogens with zero attached hydrogens (tertiary/aromatic N) is 2. The van der Waals surface area contributed by atoms with Crippen molar-refractivity contribution in [2.24, 2.45) is 0 Å². The normalized spacial score (nSPS) is 11.7. The van der Waals surface area contributed by atoms with Crippen molar-refractivity contribution < 1.29 is 9.59 Å². The molecule has 156 valence electrons. The third-order valence-corrected chi connectivity index (χ3v) is 5.38. The van der Waals surface area contributed by atoms with Crippen molar-refractivity contribution in [3.63, 3.8) is 0 Å². The second kappa shape index (κ2) is 10.8. The molecule has 1 heterocycles. The number of anilines is 1. The lowest BCUT2D eigenvalue weighted by Gasteiger charge is -2.17. The van der Waals surface area contributed by atoms with Crippen molar-refractivity contribution in [1.82, 2.24) is 15.1 Å². The molecule has 2 aromatic carbocycles. The molecule has 0 aliphatic heterocycles. The molecule has 0 aliphatic carbocycles. The van der Waals surface area contributed by atoms with Gasteiger partial charge in [0.25, 0.3) is 0 Å². The summed E-state index contributed by atoms with van der Waals surface area (Å²) in [6.45, 7) is 0. The number of halogens is 1. The Morgan fingerprint density at radius 2 is 1.87 bits per heavy atom. The summed E-state index contributed by atoms with van der Waals surface area (Å²) in [7, 11) is 0. The van der Waals surface area contributed by atoms with E-state index in [1.807, 2.05) is 54.8 Å². The molecule has 1 unspecified atom stereocenters. The van der Waals surface area contributed by atoms with Crippen LogP contribution in [0.5, 0.6) is 0 Å². The maximum absolute atomic E-state index is 12.8.